The Morgan fingerprint density at radius 2 is 1.61 bits per heavy atom. The summed E-state index contributed by atoms with van der Waals surface area (Å²) in [4.78, 5) is 48.5. The maximum atomic E-state index is 12.7. The molecule has 162 valence electrons. The molecule has 31 heavy (non-hydrogen) atoms. The summed E-state index contributed by atoms with van der Waals surface area (Å²) in [6.07, 6.45) is 2.55. The summed E-state index contributed by atoms with van der Waals surface area (Å²) in [5.74, 6) is -3.14. The van der Waals surface area contributed by atoms with E-state index < -0.39 is 11.9 Å². The van der Waals surface area contributed by atoms with Gasteiger partial charge in [-0.25, -0.2) is 9.59 Å². The number of carboxylic acid groups (broad SMARTS) is 1. The predicted octanol–water partition coefficient (Wildman–Crippen LogP) is 4.53. The first kappa shape index (κ1) is 23.5. The molecule has 0 spiro atoms. The van der Waals surface area contributed by atoms with Crippen LogP contribution >= 0.6 is 0 Å². The number of ketones is 2. The van der Waals surface area contributed by atoms with E-state index in [9.17, 15) is 24.3 Å². The van der Waals surface area contributed by atoms with Crippen molar-refractivity contribution < 1.29 is 33.8 Å². The molecule has 7 nitrogen and oxygen atoms in total. The van der Waals surface area contributed by atoms with E-state index in [0.29, 0.717) is 24.0 Å². The lowest BCUT2D eigenvalue weighted by Gasteiger charge is -2.19. The van der Waals surface area contributed by atoms with Crippen LogP contribution in [0.1, 0.15) is 74.2 Å². The molecule has 1 N–H and O–H groups in total. The van der Waals surface area contributed by atoms with Gasteiger partial charge in [-0.1, -0.05) is 38.1 Å². The maximum Gasteiger partial charge on any atom is 0.343 e. The summed E-state index contributed by atoms with van der Waals surface area (Å²) in [6, 6.07) is 7.09. The number of ether oxygens (including phenoxy) is 2. The molecule has 0 heterocycles. The minimum absolute atomic E-state index is 0.0211. The van der Waals surface area contributed by atoms with Gasteiger partial charge < -0.3 is 14.6 Å². The van der Waals surface area contributed by atoms with Crippen molar-refractivity contribution >= 4 is 23.5 Å². The van der Waals surface area contributed by atoms with Crippen molar-refractivity contribution in [3.05, 3.63) is 70.8 Å². The smallest absolute Gasteiger partial charge is 0.343 e. The third kappa shape index (κ3) is 5.45. The van der Waals surface area contributed by atoms with Gasteiger partial charge in [-0.3, -0.25) is 9.59 Å². The third-order valence-electron chi connectivity index (χ3n) is 4.49. The van der Waals surface area contributed by atoms with Gasteiger partial charge in [-0.15, -0.1) is 0 Å². The Morgan fingerprint density at radius 1 is 1.00 bits per heavy atom. The summed E-state index contributed by atoms with van der Waals surface area (Å²) in [6.45, 7) is 8.18. The minimum Gasteiger partial charge on any atom is -0.485 e. The fourth-order valence-electron chi connectivity index (χ4n) is 3.08. The van der Waals surface area contributed by atoms with Crippen molar-refractivity contribution in [2.45, 2.75) is 33.6 Å². The van der Waals surface area contributed by atoms with E-state index in [1.165, 1.54) is 50.3 Å². The fourth-order valence-corrected chi connectivity index (χ4v) is 3.08. The first-order chi connectivity index (χ1) is 14.7. The highest BCUT2D eigenvalue weighted by Crippen LogP contribution is 2.39. The normalized spacial score (nSPS) is 10.3. The fraction of sp³-hybridized carbons (Fsp3) is 0.250. The first-order valence-corrected chi connectivity index (χ1v) is 9.72. The lowest BCUT2D eigenvalue weighted by atomic mass is 9.95. The molecule has 0 saturated carbocycles. The van der Waals surface area contributed by atoms with E-state index >= 15 is 0 Å². The molecule has 2 aromatic rings. The van der Waals surface area contributed by atoms with Crippen LogP contribution in [0.25, 0.3) is 0 Å². The molecular formula is C24H24O7. The van der Waals surface area contributed by atoms with Gasteiger partial charge in [0.15, 0.2) is 23.1 Å². The van der Waals surface area contributed by atoms with Gasteiger partial charge in [0.05, 0.1) is 11.1 Å². The second-order valence-corrected chi connectivity index (χ2v) is 6.85. The van der Waals surface area contributed by atoms with Gasteiger partial charge in [-0.05, 0) is 44.0 Å². The molecule has 0 radical (unpaired) electrons. The number of carboxylic acids is 1. The van der Waals surface area contributed by atoms with Crippen LogP contribution in [0.3, 0.4) is 0 Å². The lowest BCUT2D eigenvalue weighted by molar-refractivity contribution is 0.0675. The van der Waals surface area contributed by atoms with Crippen LogP contribution in [0.5, 0.6) is 11.5 Å². The van der Waals surface area contributed by atoms with Crippen LogP contribution in [0.4, 0.5) is 0 Å². The Labute approximate surface area is 180 Å². The highest BCUT2D eigenvalue weighted by atomic mass is 16.6. The third-order valence-corrected chi connectivity index (χ3v) is 4.49. The Hall–Kier alpha value is -3.74. The van der Waals surface area contributed by atoms with Gasteiger partial charge in [0.1, 0.15) is 12.2 Å². The molecule has 0 amide bonds. The van der Waals surface area contributed by atoms with Gasteiger partial charge >= 0.3 is 11.9 Å². The molecule has 0 saturated heterocycles. The summed E-state index contributed by atoms with van der Waals surface area (Å²) >= 11 is 0. The topological polar surface area (TPSA) is 107 Å². The number of hydrogen-bond acceptors (Lipinski definition) is 6. The average Bonchev–Trinajstić information content (AvgIpc) is 2.72. The molecule has 0 aromatic heterocycles. The van der Waals surface area contributed by atoms with E-state index in [-0.39, 0.29) is 46.4 Å². The zero-order valence-electron chi connectivity index (χ0n) is 17.7. The molecule has 0 aliphatic rings. The van der Waals surface area contributed by atoms with Gasteiger partial charge in [0, 0.05) is 5.56 Å². The summed E-state index contributed by atoms with van der Waals surface area (Å²) in [5, 5.41) is 9.73. The standard InChI is InChI=1S/C24H24O7/c1-5-7-18-13-19(23(27)28)21(22(30-12-6-2)20(18)15(4)26)31-24(29)17-10-8-16(9-11-17)14(3)25/h6,8-11,13H,2,5,7,12H2,1,3-4H3,(H,27,28). The predicted molar refractivity (Wildman–Crippen MR) is 114 cm³/mol. The average molecular weight is 424 g/mol. The number of carbonyl (C=O) groups is 4. The van der Waals surface area contributed by atoms with E-state index in [0.717, 1.165) is 0 Å². The second-order valence-electron chi connectivity index (χ2n) is 6.85. The van der Waals surface area contributed by atoms with Gasteiger partial charge in [0.2, 0.25) is 0 Å². The largest absolute Gasteiger partial charge is 0.485 e. The summed E-state index contributed by atoms with van der Waals surface area (Å²) < 4.78 is 11.0. The second kappa shape index (κ2) is 10.3. The molecule has 0 aliphatic carbocycles. The van der Waals surface area contributed by atoms with E-state index in [2.05, 4.69) is 6.58 Å². The number of benzene rings is 2. The molecule has 7 heteroatoms. The Bertz CT molecular complexity index is 1030. The van der Waals surface area contributed by atoms with Crippen molar-refractivity contribution in [2.75, 3.05) is 6.61 Å². The molecular weight excluding hydrogens is 400 g/mol. The molecule has 2 aromatic carbocycles. The number of carbonyl (C=O) groups excluding carboxylic acids is 3. The Morgan fingerprint density at radius 3 is 2.10 bits per heavy atom. The van der Waals surface area contributed by atoms with Crippen molar-refractivity contribution in [1.29, 1.82) is 0 Å². The lowest BCUT2D eigenvalue weighted by Crippen LogP contribution is -2.16. The zero-order valence-corrected chi connectivity index (χ0v) is 17.7. The molecule has 2 rings (SSSR count). The van der Waals surface area contributed by atoms with Gasteiger partial charge in [-0.2, -0.15) is 0 Å². The van der Waals surface area contributed by atoms with Crippen molar-refractivity contribution in [1.82, 2.24) is 0 Å². The van der Waals surface area contributed by atoms with E-state index in [1.807, 2.05) is 6.92 Å². The van der Waals surface area contributed by atoms with E-state index in [1.54, 1.807) is 0 Å². The van der Waals surface area contributed by atoms with Crippen LogP contribution in [-0.4, -0.2) is 35.2 Å². The number of Topliss-reactive ketones (excluding diaryl/α,β-unsaturated/α-hetero) is 2. The van der Waals surface area contributed by atoms with Crippen molar-refractivity contribution in [2.24, 2.45) is 0 Å². The molecule has 0 aliphatic heterocycles. The zero-order chi connectivity index (χ0) is 23.1. The summed E-state index contributed by atoms with van der Waals surface area (Å²) in [7, 11) is 0. The Balaban J connectivity index is 2.64. The number of esters is 1. The Kier molecular flexibility index (Phi) is 7.85. The number of rotatable bonds is 10. The van der Waals surface area contributed by atoms with Gasteiger partial charge in [0.25, 0.3) is 0 Å². The SMILES string of the molecule is C=CCOc1c(OC(=O)c2ccc(C(C)=O)cc2)c(C(=O)O)cc(CCC)c1C(C)=O. The monoisotopic (exact) mass is 424 g/mol. The molecule has 0 fully saturated rings. The number of aromatic carboxylic acids is 1. The van der Waals surface area contributed by atoms with Crippen molar-refractivity contribution in [3.8, 4) is 11.5 Å². The number of hydrogen-bond donors (Lipinski definition) is 1. The van der Waals surface area contributed by atoms with Crippen LogP contribution in [0, 0.1) is 0 Å². The van der Waals surface area contributed by atoms with E-state index in [4.69, 9.17) is 9.47 Å². The van der Waals surface area contributed by atoms with Crippen LogP contribution < -0.4 is 9.47 Å². The minimum atomic E-state index is -1.33. The highest BCUT2D eigenvalue weighted by Gasteiger charge is 2.28. The van der Waals surface area contributed by atoms with Crippen LogP contribution in [-0.2, 0) is 6.42 Å². The molecule has 0 atom stereocenters. The first-order valence-electron chi connectivity index (χ1n) is 9.72. The van der Waals surface area contributed by atoms with Crippen LogP contribution in [0.2, 0.25) is 0 Å². The van der Waals surface area contributed by atoms with Crippen molar-refractivity contribution in [3.63, 3.8) is 0 Å². The quantitative estimate of drug-likeness (QED) is 0.258. The van der Waals surface area contributed by atoms with Crippen LogP contribution in [0.15, 0.2) is 43.0 Å². The highest BCUT2D eigenvalue weighted by molar-refractivity contribution is 6.04. The maximum absolute atomic E-state index is 12.7. The number of aryl methyl sites for hydroxylation is 1. The molecule has 0 unspecified atom stereocenters. The summed E-state index contributed by atoms with van der Waals surface area (Å²) in [5.41, 5.74) is 0.903. The molecule has 0 bridgehead atoms.